The van der Waals surface area contributed by atoms with Gasteiger partial charge in [0, 0.05) is 25.7 Å². The van der Waals surface area contributed by atoms with Gasteiger partial charge in [-0.2, -0.15) is 0 Å². The molecule has 0 aromatic carbocycles. The summed E-state index contributed by atoms with van der Waals surface area (Å²) in [6, 6.07) is 0.660. The SMILES string of the molecule is CCCCOCCN1CCCNC(C(C)CC)C1. The number of ether oxygens (including phenoxy) is 1. The van der Waals surface area contributed by atoms with Crippen LogP contribution < -0.4 is 5.32 Å². The number of hydrogen-bond donors (Lipinski definition) is 1. The maximum atomic E-state index is 5.68. The molecule has 1 N–H and O–H groups in total. The molecule has 0 bridgehead atoms. The highest BCUT2D eigenvalue weighted by molar-refractivity contribution is 4.80. The number of nitrogens with one attached hydrogen (secondary N) is 1. The molecule has 18 heavy (non-hydrogen) atoms. The Morgan fingerprint density at radius 2 is 2.17 bits per heavy atom. The molecule has 1 aliphatic heterocycles. The average molecular weight is 256 g/mol. The molecule has 1 fully saturated rings. The second-order valence-corrected chi connectivity index (χ2v) is 5.57. The van der Waals surface area contributed by atoms with Crippen LogP contribution in [0.4, 0.5) is 0 Å². The Morgan fingerprint density at radius 1 is 1.33 bits per heavy atom. The summed E-state index contributed by atoms with van der Waals surface area (Å²) in [5.74, 6) is 0.770. The maximum absolute atomic E-state index is 5.68. The van der Waals surface area contributed by atoms with Gasteiger partial charge in [0.1, 0.15) is 0 Å². The first kappa shape index (κ1) is 15.9. The van der Waals surface area contributed by atoms with Gasteiger partial charge in [0.15, 0.2) is 0 Å². The van der Waals surface area contributed by atoms with Gasteiger partial charge in [-0.25, -0.2) is 0 Å². The quantitative estimate of drug-likeness (QED) is 0.675. The van der Waals surface area contributed by atoms with Crippen molar-refractivity contribution in [1.82, 2.24) is 10.2 Å². The predicted octanol–water partition coefficient (Wildman–Crippen LogP) is 2.51. The molecule has 1 heterocycles. The third-order valence-corrected chi connectivity index (χ3v) is 4.04. The van der Waals surface area contributed by atoms with E-state index in [9.17, 15) is 0 Å². The molecule has 1 rings (SSSR count). The standard InChI is InChI=1S/C15H32N2O/c1-4-6-11-18-12-10-17-9-7-8-16-15(13-17)14(3)5-2/h14-16H,4-13H2,1-3H3. The molecule has 0 aliphatic carbocycles. The largest absolute Gasteiger partial charge is 0.380 e. The van der Waals surface area contributed by atoms with E-state index in [-0.39, 0.29) is 0 Å². The molecule has 0 aromatic heterocycles. The maximum Gasteiger partial charge on any atom is 0.0593 e. The fourth-order valence-corrected chi connectivity index (χ4v) is 2.43. The van der Waals surface area contributed by atoms with Crippen LogP contribution in [0.3, 0.4) is 0 Å². The molecule has 3 nitrogen and oxygen atoms in total. The zero-order valence-corrected chi connectivity index (χ0v) is 12.6. The van der Waals surface area contributed by atoms with Crippen molar-refractivity contribution in [2.45, 2.75) is 52.5 Å². The third-order valence-electron chi connectivity index (χ3n) is 4.04. The minimum atomic E-state index is 0.660. The lowest BCUT2D eigenvalue weighted by molar-refractivity contribution is 0.0986. The molecule has 2 unspecified atom stereocenters. The highest BCUT2D eigenvalue weighted by atomic mass is 16.5. The number of nitrogens with zero attached hydrogens (tertiary/aromatic N) is 1. The van der Waals surface area contributed by atoms with Gasteiger partial charge in [0.05, 0.1) is 6.61 Å². The fourth-order valence-electron chi connectivity index (χ4n) is 2.43. The monoisotopic (exact) mass is 256 g/mol. The molecule has 0 spiro atoms. The summed E-state index contributed by atoms with van der Waals surface area (Å²) in [4.78, 5) is 2.57. The minimum absolute atomic E-state index is 0.660. The molecule has 1 aliphatic rings. The lowest BCUT2D eigenvalue weighted by atomic mass is 9.99. The lowest BCUT2D eigenvalue weighted by Crippen LogP contribution is -2.42. The zero-order chi connectivity index (χ0) is 13.2. The van der Waals surface area contributed by atoms with E-state index in [1.54, 1.807) is 0 Å². The van der Waals surface area contributed by atoms with E-state index in [0.717, 1.165) is 25.7 Å². The fraction of sp³-hybridized carbons (Fsp3) is 1.00. The smallest absolute Gasteiger partial charge is 0.0593 e. The van der Waals surface area contributed by atoms with Crippen molar-refractivity contribution in [2.24, 2.45) is 5.92 Å². The van der Waals surface area contributed by atoms with Crippen molar-refractivity contribution in [3.8, 4) is 0 Å². The van der Waals surface area contributed by atoms with Gasteiger partial charge in [-0.3, -0.25) is 4.90 Å². The summed E-state index contributed by atoms with van der Waals surface area (Å²) in [5.41, 5.74) is 0. The van der Waals surface area contributed by atoms with Gasteiger partial charge < -0.3 is 10.1 Å². The lowest BCUT2D eigenvalue weighted by Gasteiger charge is -2.27. The second-order valence-electron chi connectivity index (χ2n) is 5.57. The average Bonchev–Trinajstić information content (AvgIpc) is 2.63. The minimum Gasteiger partial charge on any atom is -0.380 e. The van der Waals surface area contributed by atoms with E-state index < -0.39 is 0 Å². The topological polar surface area (TPSA) is 24.5 Å². The van der Waals surface area contributed by atoms with Crippen LogP contribution in [0, 0.1) is 5.92 Å². The van der Waals surface area contributed by atoms with Crippen molar-refractivity contribution in [3.05, 3.63) is 0 Å². The van der Waals surface area contributed by atoms with Crippen LogP contribution in [-0.4, -0.2) is 50.3 Å². The van der Waals surface area contributed by atoms with Gasteiger partial charge in [0.2, 0.25) is 0 Å². The summed E-state index contributed by atoms with van der Waals surface area (Å²) in [5, 5.41) is 3.69. The van der Waals surface area contributed by atoms with E-state index in [1.807, 2.05) is 0 Å². The van der Waals surface area contributed by atoms with Gasteiger partial charge in [-0.05, 0) is 31.8 Å². The molecule has 3 heteroatoms. The Kier molecular flexibility index (Phi) is 8.64. The van der Waals surface area contributed by atoms with Crippen LogP contribution in [0.25, 0.3) is 0 Å². The Morgan fingerprint density at radius 3 is 2.89 bits per heavy atom. The van der Waals surface area contributed by atoms with E-state index in [0.29, 0.717) is 6.04 Å². The summed E-state index contributed by atoms with van der Waals surface area (Å²) < 4.78 is 5.68. The van der Waals surface area contributed by atoms with Crippen LogP contribution in [0.5, 0.6) is 0 Å². The zero-order valence-electron chi connectivity index (χ0n) is 12.6. The van der Waals surface area contributed by atoms with Crippen molar-refractivity contribution in [1.29, 1.82) is 0 Å². The summed E-state index contributed by atoms with van der Waals surface area (Å²) >= 11 is 0. The van der Waals surface area contributed by atoms with Gasteiger partial charge in [-0.1, -0.05) is 33.6 Å². The first-order valence-corrected chi connectivity index (χ1v) is 7.81. The molecule has 2 atom stereocenters. The van der Waals surface area contributed by atoms with E-state index in [2.05, 4.69) is 31.0 Å². The predicted molar refractivity (Wildman–Crippen MR) is 78.0 cm³/mol. The Balaban J connectivity index is 2.22. The molecular formula is C15H32N2O. The van der Waals surface area contributed by atoms with E-state index in [4.69, 9.17) is 4.74 Å². The van der Waals surface area contributed by atoms with Crippen molar-refractivity contribution < 1.29 is 4.74 Å². The van der Waals surface area contributed by atoms with Crippen molar-refractivity contribution >= 4 is 0 Å². The van der Waals surface area contributed by atoms with Gasteiger partial charge in [0.25, 0.3) is 0 Å². The van der Waals surface area contributed by atoms with Crippen LogP contribution >= 0.6 is 0 Å². The van der Waals surface area contributed by atoms with Gasteiger partial charge in [-0.15, -0.1) is 0 Å². The Bertz CT molecular complexity index is 199. The van der Waals surface area contributed by atoms with Crippen LogP contribution in [0.2, 0.25) is 0 Å². The molecule has 0 aromatic rings. The van der Waals surface area contributed by atoms with Crippen molar-refractivity contribution in [3.63, 3.8) is 0 Å². The van der Waals surface area contributed by atoms with Gasteiger partial charge >= 0.3 is 0 Å². The number of rotatable bonds is 8. The normalized spacial score (nSPS) is 23.8. The molecule has 0 amide bonds. The number of hydrogen-bond acceptors (Lipinski definition) is 3. The Labute approximate surface area is 113 Å². The van der Waals surface area contributed by atoms with Crippen LogP contribution in [0.1, 0.15) is 46.5 Å². The highest BCUT2D eigenvalue weighted by Gasteiger charge is 2.21. The molecule has 0 saturated carbocycles. The molecular weight excluding hydrogens is 224 g/mol. The Hall–Kier alpha value is -0.120. The first-order chi connectivity index (χ1) is 8.77. The molecule has 1 saturated heterocycles. The summed E-state index contributed by atoms with van der Waals surface area (Å²) in [7, 11) is 0. The summed E-state index contributed by atoms with van der Waals surface area (Å²) in [6.07, 6.45) is 4.95. The third kappa shape index (κ3) is 6.17. The van der Waals surface area contributed by atoms with E-state index >= 15 is 0 Å². The van der Waals surface area contributed by atoms with Crippen LogP contribution in [0.15, 0.2) is 0 Å². The first-order valence-electron chi connectivity index (χ1n) is 7.81. The van der Waals surface area contributed by atoms with Crippen molar-refractivity contribution in [2.75, 3.05) is 39.4 Å². The molecule has 108 valence electrons. The summed E-state index contributed by atoms with van der Waals surface area (Å²) in [6.45, 7) is 13.4. The van der Waals surface area contributed by atoms with E-state index in [1.165, 1.54) is 45.3 Å². The molecule has 0 radical (unpaired) electrons. The number of unbranched alkanes of at least 4 members (excludes halogenated alkanes) is 1. The second kappa shape index (κ2) is 9.76. The highest BCUT2D eigenvalue weighted by Crippen LogP contribution is 2.12. The van der Waals surface area contributed by atoms with Crippen LogP contribution in [-0.2, 0) is 4.74 Å².